The Bertz CT molecular complexity index is 65.3. The molecule has 0 aliphatic rings. The van der Waals surface area contributed by atoms with Gasteiger partial charge in [-0.05, 0) is 6.92 Å². The molecule has 0 bridgehead atoms. The van der Waals surface area contributed by atoms with Crippen LogP contribution in [0.4, 0.5) is 0 Å². The van der Waals surface area contributed by atoms with Gasteiger partial charge in [0.15, 0.2) is 6.23 Å². The summed E-state index contributed by atoms with van der Waals surface area (Å²) in [4.78, 5) is 5.15. The Kier molecular flexibility index (Phi) is 2.40. The molecule has 3 nitrogen and oxygen atoms in total. The van der Waals surface area contributed by atoms with Gasteiger partial charge in [0.2, 0.25) is 0 Å². The van der Waals surface area contributed by atoms with Crippen LogP contribution < -0.4 is 5.73 Å². The fraction of sp³-hybridized carbons (Fsp3) is 1.00. The van der Waals surface area contributed by atoms with Gasteiger partial charge in [-0.15, -0.1) is 0 Å². The van der Waals surface area contributed by atoms with E-state index in [1.807, 2.05) is 28.1 Å². The summed E-state index contributed by atoms with van der Waals surface area (Å²) in [5.41, 5.74) is 5.34. The SMILES string of the molecule is CC(N)O[N+](C)(C)C. The molecule has 2 N–H and O–H groups in total. The smallest absolute Gasteiger partial charge is 0.162 e. The summed E-state index contributed by atoms with van der Waals surface area (Å²) >= 11 is 0. The van der Waals surface area contributed by atoms with Gasteiger partial charge in [-0.3, -0.25) is 0 Å². The maximum Gasteiger partial charge on any atom is 0.162 e. The lowest BCUT2D eigenvalue weighted by molar-refractivity contribution is -1.07. The van der Waals surface area contributed by atoms with Crippen molar-refractivity contribution in [2.75, 3.05) is 21.1 Å². The zero-order valence-corrected chi connectivity index (χ0v) is 6.01. The first-order valence-corrected chi connectivity index (χ1v) is 2.67. The average molecular weight is 119 g/mol. The predicted octanol–water partition coefficient (Wildman–Crippen LogP) is -0.0711. The molecule has 0 fully saturated rings. The highest BCUT2D eigenvalue weighted by Crippen LogP contribution is 1.93. The van der Waals surface area contributed by atoms with Crippen LogP contribution in [-0.2, 0) is 4.84 Å². The minimum absolute atomic E-state index is 0.185. The van der Waals surface area contributed by atoms with Gasteiger partial charge >= 0.3 is 0 Å². The first-order chi connectivity index (χ1) is 3.42. The molecule has 0 aromatic heterocycles. The first kappa shape index (κ1) is 7.88. The van der Waals surface area contributed by atoms with Crippen LogP contribution in [0.2, 0.25) is 0 Å². The zero-order valence-electron chi connectivity index (χ0n) is 6.01. The number of quaternary nitrogens is 1. The van der Waals surface area contributed by atoms with Gasteiger partial charge in [0.25, 0.3) is 0 Å². The Morgan fingerprint density at radius 1 is 1.38 bits per heavy atom. The van der Waals surface area contributed by atoms with Gasteiger partial charge in [0, 0.05) is 0 Å². The Morgan fingerprint density at radius 2 is 1.75 bits per heavy atom. The molecule has 8 heavy (non-hydrogen) atoms. The minimum Gasteiger partial charge on any atom is -0.301 e. The molecule has 0 aromatic rings. The summed E-state index contributed by atoms with van der Waals surface area (Å²) in [6.45, 7) is 1.81. The highest BCUT2D eigenvalue weighted by Gasteiger charge is 2.09. The lowest BCUT2D eigenvalue weighted by Crippen LogP contribution is -2.40. The Morgan fingerprint density at radius 3 is 1.75 bits per heavy atom. The molecule has 0 saturated heterocycles. The van der Waals surface area contributed by atoms with E-state index in [1.165, 1.54) is 0 Å². The van der Waals surface area contributed by atoms with Crippen LogP contribution in [0, 0.1) is 0 Å². The maximum absolute atomic E-state index is 5.34. The molecule has 1 unspecified atom stereocenters. The largest absolute Gasteiger partial charge is 0.301 e. The summed E-state index contributed by atoms with van der Waals surface area (Å²) in [7, 11) is 5.76. The van der Waals surface area contributed by atoms with Crippen LogP contribution in [-0.4, -0.2) is 32.0 Å². The number of nitrogens with zero attached hydrogens (tertiary/aromatic N) is 1. The van der Waals surface area contributed by atoms with Crippen molar-refractivity contribution in [3.05, 3.63) is 0 Å². The van der Waals surface area contributed by atoms with Crippen molar-refractivity contribution in [1.29, 1.82) is 0 Å². The fourth-order valence-electron chi connectivity index (χ4n) is 0.499. The predicted molar refractivity (Wildman–Crippen MR) is 32.8 cm³/mol. The standard InChI is InChI=1S/C5H15N2O/c1-5(6)8-7(2,3)4/h5H,6H2,1-4H3/q+1. The van der Waals surface area contributed by atoms with Crippen molar-refractivity contribution in [3.8, 4) is 0 Å². The van der Waals surface area contributed by atoms with Crippen molar-refractivity contribution in [3.63, 3.8) is 0 Å². The second-order valence-corrected chi connectivity index (χ2v) is 2.70. The topological polar surface area (TPSA) is 35.2 Å². The zero-order chi connectivity index (χ0) is 6.78. The second-order valence-electron chi connectivity index (χ2n) is 2.70. The van der Waals surface area contributed by atoms with Crippen LogP contribution in [0.3, 0.4) is 0 Å². The summed E-state index contributed by atoms with van der Waals surface area (Å²) in [6.07, 6.45) is -0.185. The lowest BCUT2D eigenvalue weighted by Gasteiger charge is -2.22. The van der Waals surface area contributed by atoms with Gasteiger partial charge in [0.1, 0.15) is 0 Å². The molecule has 0 aliphatic heterocycles. The highest BCUT2D eigenvalue weighted by molar-refractivity contribution is 4.22. The molecule has 0 radical (unpaired) electrons. The molecule has 1 atom stereocenters. The van der Waals surface area contributed by atoms with Gasteiger partial charge in [-0.1, -0.05) is 0 Å². The summed E-state index contributed by atoms with van der Waals surface area (Å²) in [5.74, 6) is 0. The molecule has 0 saturated carbocycles. The molecule has 0 aliphatic carbocycles. The van der Waals surface area contributed by atoms with Crippen molar-refractivity contribution in [1.82, 2.24) is 0 Å². The first-order valence-electron chi connectivity index (χ1n) is 2.67. The van der Waals surface area contributed by atoms with Gasteiger partial charge in [-0.2, -0.15) is 9.48 Å². The Hall–Kier alpha value is -0.120. The van der Waals surface area contributed by atoms with E-state index in [0.29, 0.717) is 4.65 Å². The molecule has 0 aromatic carbocycles. The van der Waals surface area contributed by atoms with Gasteiger partial charge < -0.3 is 5.73 Å². The third kappa shape index (κ3) is 5.88. The fourth-order valence-corrected chi connectivity index (χ4v) is 0.499. The molecule has 0 heterocycles. The minimum atomic E-state index is -0.185. The van der Waals surface area contributed by atoms with Crippen molar-refractivity contribution in [2.45, 2.75) is 13.2 Å². The Labute approximate surface area is 50.6 Å². The van der Waals surface area contributed by atoms with E-state index < -0.39 is 0 Å². The molecule has 3 heteroatoms. The van der Waals surface area contributed by atoms with E-state index in [0.717, 1.165) is 0 Å². The number of rotatable bonds is 2. The maximum atomic E-state index is 5.34. The van der Waals surface area contributed by atoms with E-state index in [4.69, 9.17) is 10.6 Å². The molecular weight excluding hydrogens is 104 g/mol. The molecule has 50 valence electrons. The van der Waals surface area contributed by atoms with Crippen LogP contribution in [0.25, 0.3) is 0 Å². The normalized spacial score (nSPS) is 16.1. The molecule has 0 rings (SSSR count). The quantitative estimate of drug-likeness (QED) is 0.314. The monoisotopic (exact) mass is 119 g/mol. The third-order valence-corrected chi connectivity index (χ3v) is 0.482. The number of hydrogen-bond acceptors (Lipinski definition) is 2. The molecular formula is C5H15N2O+. The van der Waals surface area contributed by atoms with Gasteiger partial charge in [0.05, 0.1) is 21.1 Å². The highest BCUT2D eigenvalue weighted by atomic mass is 16.7. The van der Waals surface area contributed by atoms with Crippen LogP contribution in [0.5, 0.6) is 0 Å². The number of hydrogen-bond donors (Lipinski definition) is 1. The summed E-state index contributed by atoms with van der Waals surface area (Å²) in [6, 6.07) is 0. The van der Waals surface area contributed by atoms with Crippen molar-refractivity contribution in [2.24, 2.45) is 5.73 Å². The van der Waals surface area contributed by atoms with E-state index >= 15 is 0 Å². The molecule has 0 amide bonds. The lowest BCUT2D eigenvalue weighted by atomic mass is 10.7. The van der Waals surface area contributed by atoms with E-state index in [1.54, 1.807) is 0 Å². The van der Waals surface area contributed by atoms with E-state index in [9.17, 15) is 0 Å². The summed E-state index contributed by atoms with van der Waals surface area (Å²) < 4.78 is 0.456. The number of hydroxylamine groups is 3. The van der Waals surface area contributed by atoms with Crippen molar-refractivity contribution >= 4 is 0 Å². The van der Waals surface area contributed by atoms with Gasteiger partial charge in [-0.25, -0.2) is 0 Å². The summed E-state index contributed by atoms with van der Waals surface area (Å²) in [5, 5.41) is 0. The van der Waals surface area contributed by atoms with Crippen molar-refractivity contribution < 1.29 is 9.48 Å². The van der Waals surface area contributed by atoms with Crippen LogP contribution in [0.15, 0.2) is 0 Å². The number of nitrogens with two attached hydrogens (primary N) is 1. The van der Waals surface area contributed by atoms with E-state index in [-0.39, 0.29) is 6.23 Å². The second kappa shape index (κ2) is 2.44. The average Bonchev–Trinajstić information content (AvgIpc) is 1.21. The third-order valence-electron chi connectivity index (χ3n) is 0.482. The van der Waals surface area contributed by atoms with Crippen LogP contribution >= 0.6 is 0 Å². The Balaban J connectivity index is 3.39. The van der Waals surface area contributed by atoms with Crippen LogP contribution in [0.1, 0.15) is 6.92 Å². The molecule has 0 spiro atoms. The van der Waals surface area contributed by atoms with E-state index in [2.05, 4.69) is 0 Å².